The van der Waals surface area contributed by atoms with Crippen LogP contribution in [0.25, 0.3) is 0 Å². The van der Waals surface area contributed by atoms with Gasteiger partial charge in [0.15, 0.2) is 5.72 Å². The second-order valence-corrected chi connectivity index (χ2v) is 17.6. The summed E-state index contributed by atoms with van der Waals surface area (Å²) in [6.07, 6.45) is 15.0. The molecule has 2 saturated heterocycles. The molecule has 3 fully saturated rings. The molecular weight excluding hydrogens is 799 g/mol. The molecule has 348 valence electrons. The molecule has 4 atom stereocenters. The van der Waals surface area contributed by atoms with Gasteiger partial charge in [-0.2, -0.15) is 0 Å². The monoisotopic (exact) mass is 873 g/mol. The van der Waals surface area contributed by atoms with Gasteiger partial charge >= 0.3 is 18.1 Å². The number of hydrogen-bond donors (Lipinski definition) is 5. The van der Waals surface area contributed by atoms with E-state index in [4.69, 9.17) is 15.2 Å². The Morgan fingerprint density at radius 2 is 1.37 bits per heavy atom. The molecule has 1 saturated carbocycles. The quantitative estimate of drug-likeness (QED) is 0.0716. The predicted octanol–water partition coefficient (Wildman–Crippen LogP) is 7.58. The van der Waals surface area contributed by atoms with E-state index >= 15 is 0 Å². The van der Waals surface area contributed by atoms with Gasteiger partial charge in [0.25, 0.3) is 0 Å². The Labute approximate surface area is 368 Å². The van der Waals surface area contributed by atoms with E-state index in [1.807, 2.05) is 0 Å². The van der Waals surface area contributed by atoms with Gasteiger partial charge in [0.1, 0.15) is 11.6 Å². The van der Waals surface area contributed by atoms with Gasteiger partial charge in [-0.15, -0.1) is 0 Å². The Kier molecular flexibility index (Phi) is 21.1. The van der Waals surface area contributed by atoms with E-state index in [0.717, 1.165) is 70.6 Å². The van der Waals surface area contributed by atoms with Crippen LogP contribution in [0.4, 0.5) is 23.2 Å². The third-order valence-electron chi connectivity index (χ3n) is 12.8. The number of unbranched alkanes of at least 4 members (excludes halogenated alkanes) is 2. The van der Waals surface area contributed by atoms with Gasteiger partial charge in [-0.3, -0.25) is 0 Å². The molecule has 0 radical (unpaired) electrons. The van der Waals surface area contributed by atoms with Crippen molar-refractivity contribution in [1.82, 2.24) is 25.3 Å². The molecule has 0 aromatic heterocycles. The summed E-state index contributed by atoms with van der Waals surface area (Å²) in [5, 5.41) is 28.9. The van der Waals surface area contributed by atoms with Crippen LogP contribution < -0.4 is 16.4 Å². The minimum atomic E-state index is -1.58. The van der Waals surface area contributed by atoms with Gasteiger partial charge in [-0.05, 0) is 113 Å². The van der Waals surface area contributed by atoms with E-state index in [9.17, 15) is 33.4 Å². The number of nitrogens with two attached hydrogens (primary N) is 1. The summed E-state index contributed by atoms with van der Waals surface area (Å²) >= 11 is 0. The number of nitrogens with zero attached hydrogens (tertiary/aromatic N) is 3. The van der Waals surface area contributed by atoms with Crippen molar-refractivity contribution in [3.8, 4) is 0 Å². The average molecular weight is 873 g/mol. The Morgan fingerprint density at radius 1 is 0.790 bits per heavy atom. The van der Waals surface area contributed by atoms with E-state index in [0.29, 0.717) is 82.2 Å². The Bertz CT molecular complexity index is 1660. The van der Waals surface area contributed by atoms with E-state index in [2.05, 4.69) is 10.6 Å². The number of urea groups is 3. The first kappa shape index (κ1) is 50.6. The van der Waals surface area contributed by atoms with Crippen molar-refractivity contribution >= 4 is 18.1 Å². The van der Waals surface area contributed by atoms with Crippen molar-refractivity contribution < 1.29 is 42.9 Å². The highest BCUT2D eigenvalue weighted by atomic mass is 19.1. The maximum atomic E-state index is 14.2. The highest BCUT2D eigenvalue weighted by Gasteiger charge is 2.42. The number of methoxy groups -OCH3 is 2. The topological polar surface area (TPSA) is 170 Å². The molecule has 0 unspecified atom stereocenters. The smallest absolute Gasteiger partial charge is 0.319 e. The summed E-state index contributed by atoms with van der Waals surface area (Å²) in [5.74, 6) is -0.520. The number of rotatable bonds is 19. The van der Waals surface area contributed by atoms with Gasteiger partial charge in [-0.1, -0.05) is 56.4 Å². The number of likely N-dealkylation sites (N-methyl/N-ethyl adjacent to an activating group) is 1. The molecule has 0 bridgehead atoms. The molecule has 2 aromatic rings. The summed E-state index contributed by atoms with van der Waals surface area (Å²) < 4.78 is 37.9. The highest BCUT2D eigenvalue weighted by Crippen LogP contribution is 2.40. The van der Waals surface area contributed by atoms with Crippen LogP contribution in [0.15, 0.2) is 48.5 Å². The zero-order valence-electron chi connectivity index (χ0n) is 37.4. The van der Waals surface area contributed by atoms with E-state index in [-0.39, 0.29) is 29.8 Å². The molecular formula is C47H74F2N6O7. The second-order valence-electron chi connectivity index (χ2n) is 17.6. The van der Waals surface area contributed by atoms with Crippen molar-refractivity contribution in [1.29, 1.82) is 0 Å². The SMILES string of the molecule is COCCCC[C@@](O)(NC(=O)N1CCCCC1)c1cccc(F)c1.COCCCC[C@@](O)(c1cccc(F)c1)[C@@H]1CCCN(C(=O)N[C@@H](CC2CCCCC2)CN(C)C(N)=O)C1. The lowest BCUT2D eigenvalue weighted by Crippen LogP contribution is -2.54. The first-order valence-electron chi connectivity index (χ1n) is 22.9. The fourth-order valence-corrected chi connectivity index (χ4v) is 9.23. The number of halogens is 2. The van der Waals surface area contributed by atoms with Crippen molar-refractivity contribution in [3.05, 3.63) is 71.3 Å². The summed E-state index contributed by atoms with van der Waals surface area (Å²) in [7, 11) is 4.93. The fourth-order valence-electron chi connectivity index (χ4n) is 9.23. The minimum Gasteiger partial charge on any atom is -0.385 e. The Hall–Kier alpha value is -4.05. The summed E-state index contributed by atoms with van der Waals surface area (Å²) in [6, 6.07) is 10.8. The molecule has 15 heteroatoms. The average Bonchev–Trinajstić information content (AvgIpc) is 3.27. The molecule has 3 aliphatic rings. The van der Waals surface area contributed by atoms with Gasteiger partial charge in [0, 0.05) is 84.7 Å². The lowest BCUT2D eigenvalue weighted by atomic mass is 9.74. The number of likely N-dealkylation sites (tertiary alicyclic amines) is 2. The maximum Gasteiger partial charge on any atom is 0.319 e. The van der Waals surface area contributed by atoms with Crippen molar-refractivity contribution in [2.75, 3.05) is 67.2 Å². The van der Waals surface area contributed by atoms with E-state index in [1.165, 1.54) is 54.5 Å². The number of carbonyl (C=O) groups excluding carboxylic acids is 3. The number of ether oxygens (including phenoxy) is 2. The van der Waals surface area contributed by atoms with Gasteiger partial charge < -0.3 is 50.8 Å². The molecule has 2 aliphatic heterocycles. The summed E-state index contributed by atoms with van der Waals surface area (Å²) in [6.45, 7) is 3.89. The van der Waals surface area contributed by atoms with Crippen LogP contribution in [-0.2, 0) is 20.8 Å². The van der Waals surface area contributed by atoms with Crippen LogP contribution in [0, 0.1) is 23.5 Å². The number of piperidine rings is 2. The number of nitrogens with one attached hydrogen (secondary N) is 2. The number of hydrogen-bond acceptors (Lipinski definition) is 7. The molecule has 62 heavy (non-hydrogen) atoms. The first-order chi connectivity index (χ1) is 29.8. The molecule has 13 nitrogen and oxygen atoms in total. The summed E-state index contributed by atoms with van der Waals surface area (Å²) in [4.78, 5) is 42.6. The maximum absolute atomic E-state index is 14.2. The number of benzene rings is 2. The third kappa shape index (κ3) is 15.9. The van der Waals surface area contributed by atoms with Crippen molar-refractivity contribution in [2.45, 2.75) is 127 Å². The Balaban J connectivity index is 0.000000302. The van der Waals surface area contributed by atoms with Crippen LogP contribution >= 0.6 is 0 Å². The van der Waals surface area contributed by atoms with Crippen LogP contribution in [-0.4, -0.2) is 116 Å². The largest absolute Gasteiger partial charge is 0.385 e. The van der Waals surface area contributed by atoms with Crippen LogP contribution in [0.3, 0.4) is 0 Å². The van der Waals surface area contributed by atoms with Gasteiger partial charge in [0.2, 0.25) is 0 Å². The normalized spacial score (nSPS) is 19.6. The molecule has 2 aromatic carbocycles. The molecule has 2 heterocycles. The van der Waals surface area contributed by atoms with Crippen LogP contribution in [0.1, 0.15) is 120 Å². The lowest BCUT2D eigenvalue weighted by Gasteiger charge is -2.43. The third-order valence-corrected chi connectivity index (χ3v) is 12.8. The number of carbonyl (C=O) groups is 3. The number of amides is 6. The lowest BCUT2D eigenvalue weighted by molar-refractivity contribution is -0.0566. The molecule has 0 spiro atoms. The van der Waals surface area contributed by atoms with E-state index < -0.39 is 23.2 Å². The highest BCUT2D eigenvalue weighted by molar-refractivity contribution is 5.76. The van der Waals surface area contributed by atoms with E-state index in [1.54, 1.807) is 49.3 Å². The minimum absolute atomic E-state index is 0.186. The first-order valence-corrected chi connectivity index (χ1v) is 22.9. The zero-order valence-corrected chi connectivity index (χ0v) is 37.4. The van der Waals surface area contributed by atoms with Crippen LogP contribution in [0.2, 0.25) is 0 Å². The molecule has 1 aliphatic carbocycles. The predicted molar refractivity (Wildman–Crippen MR) is 236 cm³/mol. The molecule has 6 amide bonds. The van der Waals surface area contributed by atoms with Gasteiger partial charge in [-0.25, -0.2) is 23.2 Å². The number of primary amides is 1. The number of aliphatic hydroxyl groups is 2. The summed E-state index contributed by atoms with van der Waals surface area (Å²) in [5.41, 5.74) is 3.58. The zero-order chi connectivity index (χ0) is 45.0. The second kappa shape index (κ2) is 25.9. The Morgan fingerprint density at radius 3 is 1.98 bits per heavy atom. The standard InChI is InChI=1S/C29H47FN4O4.C18H27FN2O3/c1-33(27(31)35)21-26(18-22-10-4-3-5-11-22)32-28(36)34-16-9-13-24(20-34)29(37,15-6-7-17-38-2)23-12-8-14-25(30)19-23;1-24-13-6-3-10-18(23,15-8-7-9-16(19)14-15)20-17(22)21-11-4-2-5-12-21/h8,12,14,19,22,24,26,37H,3-7,9-11,13,15-18,20-21H2,1-2H3,(H2,31,35)(H,32,36);7-9,14,23H,2-6,10-13H2,1H3,(H,20,22)/t24-,26+,29-;18-/m10/s1. The van der Waals surface area contributed by atoms with Crippen LogP contribution in [0.5, 0.6) is 0 Å². The molecule has 6 N–H and O–H groups in total. The fraction of sp³-hybridized carbons (Fsp3) is 0.681. The molecule has 5 rings (SSSR count). The van der Waals surface area contributed by atoms with Crippen molar-refractivity contribution in [3.63, 3.8) is 0 Å². The van der Waals surface area contributed by atoms with Gasteiger partial charge in [0.05, 0.1) is 5.60 Å². The van der Waals surface area contributed by atoms with Crippen molar-refractivity contribution in [2.24, 2.45) is 17.6 Å².